The summed E-state index contributed by atoms with van der Waals surface area (Å²) in [5.74, 6) is 0.316. The van der Waals surface area contributed by atoms with Crippen LogP contribution >= 0.6 is 0 Å². The van der Waals surface area contributed by atoms with Gasteiger partial charge in [0.25, 0.3) is 0 Å². The van der Waals surface area contributed by atoms with Crippen LogP contribution in [0.3, 0.4) is 0 Å². The predicted octanol–water partition coefficient (Wildman–Crippen LogP) is 2.99. The Balaban J connectivity index is 1.67. The number of phenolic OH excluding ortho intramolecular Hbond substituents is 1. The largest absolute Gasteiger partial charge is 0.508 e. The third kappa shape index (κ3) is 5.30. The molecule has 0 fully saturated rings. The fourth-order valence-electron chi connectivity index (χ4n) is 2.11. The van der Waals surface area contributed by atoms with Crippen LogP contribution in [0.15, 0.2) is 48.5 Å². The van der Waals surface area contributed by atoms with Crippen LogP contribution in [0.2, 0.25) is 0 Å². The van der Waals surface area contributed by atoms with Crippen molar-refractivity contribution < 1.29 is 9.90 Å². The molecule has 0 aromatic heterocycles. The van der Waals surface area contributed by atoms with Crippen molar-refractivity contribution in [1.29, 1.82) is 0 Å². The summed E-state index contributed by atoms with van der Waals surface area (Å²) in [5, 5.41) is 12.1. The number of hydrogen-bond acceptors (Lipinski definition) is 2. The Labute approximate surface area is 125 Å². The van der Waals surface area contributed by atoms with Gasteiger partial charge in [0, 0.05) is 13.0 Å². The van der Waals surface area contributed by atoms with Crippen molar-refractivity contribution in [2.45, 2.75) is 26.2 Å². The van der Waals surface area contributed by atoms with Gasteiger partial charge in [0.15, 0.2) is 0 Å². The van der Waals surface area contributed by atoms with Crippen molar-refractivity contribution in [2.75, 3.05) is 6.54 Å². The SMILES string of the molecule is Cc1ccc(CCNC(=O)CCc2ccc(O)cc2)cc1. The molecule has 0 aliphatic heterocycles. The zero-order valence-electron chi connectivity index (χ0n) is 12.3. The van der Waals surface area contributed by atoms with Gasteiger partial charge in [-0.25, -0.2) is 0 Å². The van der Waals surface area contributed by atoms with Crippen LogP contribution < -0.4 is 5.32 Å². The van der Waals surface area contributed by atoms with Crippen LogP contribution in [-0.2, 0) is 17.6 Å². The van der Waals surface area contributed by atoms with Crippen LogP contribution in [-0.4, -0.2) is 17.6 Å². The lowest BCUT2D eigenvalue weighted by molar-refractivity contribution is -0.121. The first-order chi connectivity index (χ1) is 10.1. The average Bonchev–Trinajstić information content (AvgIpc) is 2.49. The Bertz CT molecular complexity index is 573. The van der Waals surface area contributed by atoms with Gasteiger partial charge in [0.1, 0.15) is 5.75 Å². The van der Waals surface area contributed by atoms with Crippen molar-refractivity contribution in [3.8, 4) is 5.75 Å². The molecule has 0 unspecified atom stereocenters. The minimum Gasteiger partial charge on any atom is -0.508 e. The van der Waals surface area contributed by atoms with E-state index in [-0.39, 0.29) is 11.7 Å². The first-order valence-electron chi connectivity index (χ1n) is 7.23. The molecular formula is C18H21NO2. The quantitative estimate of drug-likeness (QED) is 0.856. The first kappa shape index (κ1) is 15.1. The molecule has 0 heterocycles. The minimum absolute atomic E-state index is 0.0650. The summed E-state index contributed by atoms with van der Waals surface area (Å²) in [5.41, 5.74) is 3.54. The fourth-order valence-corrected chi connectivity index (χ4v) is 2.11. The Morgan fingerprint density at radius 3 is 2.19 bits per heavy atom. The van der Waals surface area contributed by atoms with E-state index in [0.29, 0.717) is 19.4 Å². The first-order valence-corrected chi connectivity index (χ1v) is 7.23. The second-order valence-corrected chi connectivity index (χ2v) is 5.25. The maximum absolute atomic E-state index is 11.8. The Hall–Kier alpha value is -2.29. The maximum atomic E-state index is 11.8. The zero-order chi connectivity index (χ0) is 15.1. The van der Waals surface area contributed by atoms with E-state index < -0.39 is 0 Å². The van der Waals surface area contributed by atoms with Gasteiger partial charge in [-0.15, -0.1) is 0 Å². The van der Waals surface area contributed by atoms with E-state index in [9.17, 15) is 9.90 Å². The highest BCUT2D eigenvalue weighted by Gasteiger charge is 2.02. The second-order valence-electron chi connectivity index (χ2n) is 5.25. The molecule has 3 heteroatoms. The lowest BCUT2D eigenvalue weighted by Crippen LogP contribution is -2.25. The normalized spacial score (nSPS) is 10.3. The molecule has 2 N–H and O–H groups in total. The number of aryl methyl sites for hydroxylation is 2. The summed E-state index contributed by atoms with van der Waals surface area (Å²) in [6, 6.07) is 15.3. The van der Waals surface area contributed by atoms with Crippen LogP contribution in [0.1, 0.15) is 23.1 Å². The number of hydrogen-bond donors (Lipinski definition) is 2. The predicted molar refractivity (Wildman–Crippen MR) is 84.3 cm³/mol. The van der Waals surface area contributed by atoms with E-state index >= 15 is 0 Å². The highest BCUT2D eigenvalue weighted by molar-refractivity contribution is 5.76. The lowest BCUT2D eigenvalue weighted by atomic mass is 10.1. The van der Waals surface area contributed by atoms with E-state index in [0.717, 1.165) is 12.0 Å². The molecule has 0 radical (unpaired) electrons. The van der Waals surface area contributed by atoms with Crippen LogP contribution in [0, 0.1) is 6.92 Å². The number of amides is 1. The van der Waals surface area contributed by atoms with Crippen molar-refractivity contribution in [3.05, 3.63) is 65.2 Å². The van der Waals surface area contributed by atoms with Crippen molar-refractivity contribution in [2.24, 2.45) is 0 Å². The number of rotatable bonds is 6. The van der Waals surface area contributed by atoms with Gasteiger partial charge in [-0.05, 0) is 43.0 Å². The Morgan fingerprint density at radius 1 is 0.952 bits per heavy atom. The highest BCUT2D eigenvalue weighted by Crippen LogP contribution is 2.11. The molecule has 0 atom stereocenters. The van der Waals surface area contributed by atoms with Crippen molar-refractivity contribution >= 4 is 5.91 Å². The van der Waals surface area contributed by atoms with E-state index in [1.807, 2.05) is 12.1 Å². The molecule has 110 valence electrons. The third-order valence-corrected chi connectivity index (χ3v) is 3.43. The van der Waals surface area contributed by atoms with Gasteiger partial charge in [-0.1, -0.05) is 42.0 Å². The topological polar surface area (TPSA) is 49.3 Å². The number of carbonyl (C=O) groups excluding carboxylic acids is 1. The number of nitrogens with one attached hydrogen (secondary N) is 1. The number of phenols is 1. The molecule has 0 saturated heterocycles. The summed E-state index contributed by atoms with van der Waals surface area (Å²) in [4.78, 5) is 11.8. The Morgan fingerprint density at radius 2 is 1.52 bits per heavy atom. The molecule has 2 aromatic carbocycles. The standard InChI is InChI=1S/C18H21NO2/c1-14-2-4-16(5-3-14)12-13-19-18(21)11-8-15-6-9-17(20)10-7-15/h2-7,9-10,20H,8,11-13H2,1H3,(H,19,21). The van der Waals surface area contributed by atoms with Gasteiger partial charge < -0.3 is 10.4 Å². The molecule has 2 rings (SSSR count). The molecule has 0 aliphatic rings. The maximum Gasteiger partial charge on any atom is 0.220 e. The fraction of sp³-hybridized carbons (Fsp3) is 0.278. The van der Waals surface area contributed by atoms with E-state index in [4.69, 9.17) is 0 Å². The molecule has 2 aromatic rings. The molecule has 3 nitrogen and oxygen atoms in total. The molecule has 0 aliphatic carbocycles. The van der Waals surface area contributed by atoms with Gasteiger partial charge in [0.2, 0.25) is 5.91 Å². The lowest BCUT2D eigenvalue weighted by Gasteiger charge is -2.06. The second kappa shape index (κ2) is 7.48. The summed E-state index contributed by atoms with van der Waals surface area (Å²) >= 11 is 0. The van der Waals surface area contributed by atoms with Crippen LogP contribution in [0.5, 0.6) is 5.75 Å². The smallest absolute Gasteiger partial charge is 0.220 e. The minimum atomic E-state index is 0.0650. The van der Waals surface area contributed by atoms with Crippen LogP contribution in [0.4, 0.5) is 0 Å². The van der Waals surface area contributed by atoms with Crippen LogP contribution in [0.25, 0.3) is 0 Å². The van der Waals surface area contributed by atoms with E-state index in [1.54, 1.807) is 12.1 Å². The monoisotopic (exact) mass is 283 g/mol. The zero-order valence-corrected chi connectivity index (χ0v) is 12.3. The molecule has 1 amide bonds. The van der Waals surface area contributed by atoms with Crippen molar-refractivity contribution in [1.82, 2.24) is 5.32 Å². The van der Waals surface area contributed by atoms with Gasteiger partial charge in [-0.2, -0.15) is 0 Å². The van der Waals surface area contributed by atoms with E-state index in [1.165, 1.54) is 11.1 Å². The molecule has 21 heavy (non-hydrogen) atoms. The van der Waals surface area contributed by atoms with Gasteiger partial charge in [0.05, 0.1) is 0 Å². The summed E-state index contributed by atoms with van der Waals surface area (Å²) in [6.07, 6.45) is 2.01. The third-order valence-electron chi connectivity index (χ3n) is 3.43. The average molecular weight is 283 g/mol. The van der Waals surface area contributed by atoms with E-state index in [2.05, 4.69) is 36.5 Å². The summed E-state index contributed by atoms with van der Waals surface area (Å²) in [7, 11) is 0. The summed E-state index contributed by atoms with van der Waals surface area (Å²) in [6.45, 7) is 2.73. The molecular weight excluding hydrogens is 262 g/mol. The highest BCUT2D eigenvalue weighted by atomic mass is 16.3. The Kier molecular flexibility index (Phi) is 5.38. The van der Waals surface area contributed by atoms with Crippen molar-refractivity contribution in [3.63, 3.8) is 0 Å². The summed E-state index contributed by atoms with van der Waals surface area (Å²) < 4.78 is 0. The molecule has 0 saturated carbocycles. The number of aromatic hydroxyl groups is 1. The number of carbonyl (C=O) groups is 1. The molecule has 0 spiro atoms. The van der Waals surface area contributed by atoms with Gasteiger partial charge in [-0.3, -0.25) is 4.79 Å². The molecule has 0 bridgehead atoms. The van der Waals surface area contributed by atoms with Gasteiger partial charge >= 0.3 is 0 Å². The number of benzene rings is 2.